The van der Waals surface area contributed by atoms with Crippen molar-refractivity contribution in [3.05, 3.63) is 23.9 Å². The molecule has 0 unspecified atom stereocenters. The first-order valence-corrected chi connectivity index (χ1v) is 6.54. The molecule has 0 amide bonds. The summed E-state index contributed by atoms with van der Waals surface area (Å²) in [7, 11) is 0. The molecule has 0 spiro atoms. The second-order valence-corrected chi connectivity index (χ2v) is 5.51. The van der Waals surface area contributed by atoms with Gasteiger partial charge in [0.05, 0.1) is 5.54 Å². The van der Waals surface area contributed by atoms with Gasteiger partial charge in [0.15, 0.2) is 0 Å². The molecule has 1 fully saturated rings. The van der Waals surface area contributed by atoms with Gasteiger partial charge >= 0.3 is 0 Å². The lowest BCUT2D eigenvalue weighted by atomic mass is 9.77. The lowest BCUT2D eigenvalue weighted by molar-refractivity contribution is 0.271. The summed E-state index contributed by atoms with van der Waals surface area (Å²) in [5.74, 6) is 1.79. The van der Waals surface area contributed by atoms with Crippen LogP contribution in [-0.4, -0.2) is 17.1 Å². The van der Waals surface area contributed by atoms with Crippen molar-refractivity contribution in [2.45, 2.75) is 45.1 Å². The van der Waals surface area contributed by atoms with Gasteiger partial charge in [-0.3, -0.25) is 0 Å². The molecule has 0 bridgehead atoms. The van der Waals surface area contributed by atoms with Gasteiger partial charge in [0.1, 0.15) is 5.82 Å². The number of nitrogens with zero attached hydrogens (tertiary/aromatic N) is 1. The zero-order valence-electron chi connectivity index (χ0n) is 10.9. The first-order valence-electron chi connectivity index (χ1n) is 6.54. The van der Waals surface area contributed by atoms with Crippen LogP contribution in [0.1, 0.15) is 38.2 Å². The van der Waals surface area contributed by atoms with E-state index in [1.165, 1.54) is 18.4 Å². The summed E-state index contributed by atoms with van der Waals surface area (Å²) in [6.07, 6.45) is 6.73. The minimum Gasteiger partial charge on any atom is -0.363 e. The van der Waals surface area contributed by atoms with Crippen LogP contribution in [0.15, 0.2) is 18.3 Å². The van der Waals surface area contributed by atoms with E-state index in [1.807, 2.05) is 12.3 Å². The molecule has 0 atom stereocenters. The number of nitrogens with two attached hydrogens (primary N) is 1. The number of hydrogen-bond acceptors (Lipinski definition) is 3. The van der Waals surface area contributed by atoms with E-state index in [1.54, 1.807) is 0 Å². The zero-order valence-corrected chi connectivity index (χ0v) is 10.9. The summed E-state index contributed by atoms with van der Waals surface area (Å²) in [5, 5.41) is 3.56. The fourth-order valence-corrected chi connectivity index (χ4v) is 2.51. The predicted molar refractivity (Wildman–Crippen MR) is 72.0 cm³/mol. The van der Waals surface area contributed by atoms with Crippen LogP contribution in [-0.2, 0) is 0 Å². The quantitative estimate of drug-likeness (QED) is 0.844. The molecule has 1 aromatic rings. The monoisotopic (exact) mass is 233 g/mol. The summed E-state index contributed by atoms with van der Waals surface area (Å²) in [6, 6.07) is 4.13. The van der Waals surface area contributed by atoms with Crippen LogP contribution < -0.4 is 11.1 Å². The maximum Gasteiger partial charge on any atom is 0.126 e. The Balaban J connectivity index is 2.06. The lowest BCUT2D eigenvalue weighted by Gasteiger charge is -2.39. The summed E-state index contributed by atoms with van der Waals surface area (Å²) in [5.41, 5.74) is 7.22. The van der Waals surface area contributed by atoms with Crippen LogP contribution in [0, 0.1) is 12.8 Å². The molecule has 3 N–H and O–H groups in total. The van der Waals surface area contributed by atoms with E-state index in [0.29, 0.717) is 6.54 Å². The second kappa shape index (κ2) is 5.05. The highest BCUT2D eigenvalue weighted by Gasteiger charge is 2.32. The Morgan fingerprint density at radius 2 is 2.12 bits per heavy atom. The molecular formula is C14H23N3. The van der Waals surface area contributed by atoms with Crippen molar-refractivity contribution in [2.24, 2.45) is 11.7 Å². The van der Waals surface area contributed by atoms with E-state index in [-0.39, 0.29) is 5.54 Å². The fraction of sp³-hybridized carbons (Fsp3) is 0.643. The first kappa shape index (κ1) is 12.4. The Labute approximate surface area is 104 Å². The normalized spacial score (nSPS) is 29.0. The highest BCUT2D eigenvalue weighted by atomic mass is 15.1. The third kappa shape index (κ3) is 2.97. The Bertz CT molecular complexity index is 350. The number of nitrogens with one attached hydrogen (secondary N) is 1. The van der Waals surface area contributed by atoms with Crippen LogP contribution in [0.2, 0.25) is 0 Å². The number of aryl methyl sites for hydroxylation is 1. The molecular weight excluding hydrogens is 210 g/mol. The average Bonchev–Trinajstić information content (AvgIpc) is 2.35. The topological polar surface area (TPSA) is 50.9 Å². The minimum atomic E-state index is 0.0643. The largest absolute Gasteiger partial charge is 0.363 e. The average molecular weight is 233 g/mol. The third-order valence-corrected chi connectivity index (χ3v) is 3.93. The SMILES string of the molecule is Cc1ccc(NC2(CN)CCC(C)CC2)nc1. The number of aromatic nitrogens is 1. The smallest absolute Gasteiger partial charge is 0.126 e. The predicted octanol–water partition coefficient (Wildman–Crippen LogP) is 2.71. The van der Waals surface area contributed by atoms with Crippen molar-refractivity contribution in [1.29, 1.82) is 0 Å². The molecule has 94 valence electrons. The van der Waals surface area contributed by atoms with Gasteiger partial charge < -0.3 is 11.1 Å². The lowest BCUT2D eigenvalue weighted by Crippen LogP contribution is -2.48. The summed E-state index contributed by atoms with van der Waals surface area (Å²) in [4.78, 5) is 4.42. The van der Waals surface area contributed by atoms with E-state index < -0.39 is 0 Å². The highest BCUT2D eigenvalue weighted by molar-refractivity contribution is 5.39. The van der Waals surface area contributed by atoms with Crippen LogP contribution in [0.3, 0.4) is 0 Å². The molecule has 2 rings (SSSR count). The van der Waals surface area contributed by atoms with Gasteiger partial charge in [0.25, 0.3) is 0 Å². The maximum atomic E-state index is 5.97. The standard InChI is InChI=1S/C14H23N3/c1-11-5-7-14(10-15,8-6-11)17-13-4-3-12(2)9-16-13/h3-4,9,11H,5-8,10,15H2,1-2H3,(H,16,17). The Hall–Kier alpha value is -1.09. The molecule has 17 heavy (non-hydrogen) atoms. The Morgan fingerprint density at radius 3 is 2.65 bits per heavy atom. The zero-order chi connectivity index (χ0) is 12.3. The second-order valence-electron chi connectivity index (χ2n) is 5.51. The molecule has 1 aliphatic carbocycles. The van der Waals surface area contributed by atoms with E-state index in [2.05, 4.69) is 30.2 Å². The molecule has 0 saturated heterocycles. The van der Waals surface area contributed by atoms with Gasteiger partial charge in [-0.25, -0.2) is 4.98 Å². The minimum absolute atomic E-state index is 0.0643. The molecule has 0 radical (unpaired) electrons. The van der Waals surface area contributed by atoms with Crippen LogP contribution in [0.25, 0.3) is 0 Å². The molecule has 0 aromatic carbocycles. The van der Waals surface area contributed by atoms with E-state index in [0.717, 1.165) is 24.6 Å². The molecule has 1 aromatic heterocycles. The fourth-order valence-electron chi connectivity index (χ4n) is 2.51. The molecule has 3 heteroatoms. The number of rotatable bonds is 3. The molecule has 1 saturated carbocycles. The molecule has 0 aliphatic heterocycles. The van der Waals surface area contributed by atoms with Gasteiger partial charge in [-0.15, -0.1) is 0 Å². The van der Waals surface area contributed by atoms with Crippen molar-refractivity contribution in [3.63, 3.8) is 0 Å². The van der Waals surface area contributed by atoms with Gasteiger partial charge in [-0.1, -0.05) is 13.0 Å². The van der Waals surface area contributed by atoms with Crippen LogP contribution in [0.5, 0.6) is 0 Å². The van der Waals surface area contributed by atoms with Crippen molar-refractivity contribution < 1.29 is 0 Å². The number of anilines is 1. The van der Waals surface area contributed by atoms with E-state index in [4.69, 9.17) is 5.73 Å². The van der Waals surface area contributed by atoms with Crippen LogP contribution in [0.4, 0.5) is 5.82 Å². The van der Waals surface area contributed by atoms with E-state index >= 15 is 0 Å². The van der Waals surface area contributed by atoms with Crippen molar-refractivity contribution in [2.75, 3.05) is 11.9 Å². The number of hydrogen-bond donors (Lipinski definition) is 2. The number of pyridine rings is 1. The summed E-state index contributed by atoms with van der Waals surface area (Å²) in [6.45, 7) is 5.07. The Morgan fingerprint density at radius 1 is 1.41 bits per heavy atom. The summed E-state index contributed by atoms with van der Waals surface area (Å²) >= 11 is 0. The van der Waals surface area contributed by atoms with Gasteiger partial charge in [0, 0.05) is 12.7 Å². The van der Waals surface area contributed by atoms with E-state index in [9.17, 15) is 0 Å². The van der Waals surface area contributed by atoms with Crippen molar-refractivity contribution in [3.8, 4) is 0 Å². The van der Waals surface area contributed by atoms with Gasteiger partial charge in [-0.05, 0) is 50.2 Å². The van der Waals surface area contributed by atoms with Crippen molar-refractivity contribution in [1.82, 2.24) is 4.98 Å². The third-order valence-electron chi connectivity index (χ3n) is 3.93. The molecule has 3 nitrogen and oxygen atoms in total. The molecule has 1 heterocycles. The highest BCUT2D eigenvalue weighted by Crippen LogP contribution is 2.33. The Kier molecular flexibility index (Phi) is 3.67. The maximum absolute atomic E-state index is 5.97. The van der Waals surface area contributed by atoms with Gasteiger partial charge in [-0.2, -0.15) is 0 Å². The molecule has 1 aliphatic rings. The van der Waals surface area contributed by atoms with Crippen molar-refractivity contribution >= 4 is 5.82 Å². The van der Waals surface area contributed by atoms with Gasteiger partial charge in [0.2, 0.25) is 0 Å². The summed E-state index contributed by atoms with van der Waals surface area (Å²) < 4.78 is 0. The van der Waals surface area contributed by atoms with Crippen LogP contribution >= 0.6 is 0 Å². The first-order chi connectivity index (χ1) is 8.13.